The van der Waals surface area contributed by atoms with Gasteiger partial charge in [-0.2, -0.15) is 0 Å². The van der Waals surface area contributed by atoms with Gasteiger partial charge in [-0.1, -0.05) is 17.7 Å². The Morgan fingerprint density at radius 3 is 3.33 bits per heavy atom. The summed E-state index contributed by atoms with van der Waals surface area (Å²) in [6, 6.07) is 0. The van der Waals surface area contributed by atoms with Gasteiger partial charge < -0.3 is 5.32 Å². The van der Waals surface area contributed by atoms with Gasteiger partial charge in [-0.25, -0.2) is 0 Å². The fourth-order valence-electron chi connectivity index (χ4n) is 2.42. The highest BCUT2D eigenvalue weighted by Crippen LogP contribution is 2.36. The molecule has 0 aromatic heterocycles. The second kappa shape index (κ2) is 3.44. The molecule has 66 valence electrons. The van der Waals surface area contributed by atoms with Gasteiger partial charge in [0.2, 0.25) is 0 Å². The quantitative estimate of drug-likeness (QED) is 0.658. The van der Waals surface area contributed by atoms with Crippen LogP contribution < -0.4 is 5.32 Å². The predicted octanol–water partition coefficient (Wildman–Crippen LogP) is 2.26. The van der Waals surface area contributed by atoms with Crippen LogP contribution in [0.3, 0.4) is 0 Å². The van der Waals surface area contributed by atoms with Crippen LogP contribution in [0, 0.1) is 5.92 Å². The van der Waals surface area contributed by atoms with Gasteiger partial charge in [0, 0.05) is 6.54 Å². The lowest BCUT2D eigenvalue weighted by Crippen LogP contribution is -2.22. The van der Waals surface area contributed by atoms with Crippen molar-refractivity contribution in [1.82, 2.24) is 5.32 Å². The lowest BCUT2D eigenvalue weighted by Gasteiger charge is -2.24. The van der Waals surface area contributed by atoms with Crippen molar-refractivity contribution in [3.8, 4) is 0 Å². The number of hydrogen-bond acceptors (Lipinski definition) is 1. The third kappa shape index (κ3) is 1.34. The summed E-state index contributed by atoms with van der Waals surface area (Å²) in [4.78, 5) is 0. The molecule has 1 heteroatoms. The molecule has 0 bridgehead atoms. The van der Waals surface area contributed by atoms with Gasteiger partial charge in [-0.15, -0.1) is 0 Å². The maximum atomic E-state index is 3.29. The molecule has 0 aromatic carbocycles. The normalized spacial score (nSPS) is 27.9. The lowest BCUT2D eigenvalue weighted by atomic mass is 9.84. The van der Waals surface area contributed by atoms with E-state index in [1.54, 1.807) is 11.1 Å². The zero-order valence-electron chi connectivity index (χ0n) is 7.77. The fraction of sp³-hybridized carbons (Fsp3) is 0.636. The highest BCUT2D eigenvalue weighted by molar-refractivity contribution is 5.37. The molecule has 2 rings (SSSR count). The molecule has 0 fully saturated rings. The Morgan fingerprint density at radius 1 is 1.58 bits per heavy atom. The first-order valence-corrected chi connectivity index (χ1v) is 4.95. The topological polar surface area (TPSA) is 12.0 Å². The zero-order chi connectivity index (χ0) is 8.39. The number of rotatable bonds is 2. The van der Waals surface area contributed by atoms with Gasteiger partial charge in [0.15, 0.2) is 0 Å². The molecule has 0 heterocycles. The van der Waals surface area contributed by atoms with Crippen LogP contribution >= 0.6 is 0 Å². The van der Waals surface area contributed by atoms with E-state index in [0.29, 0.717) is 0 Å². The van der Waals surface area contributed by atoms with E-state index in [4.69, 9.17) is 0 Å². The Hall–Kier alpha value is -0.560. The Bertz CT molecular complexity index is 225. The SMILES string of the molecule is CNCC1CCCC2=C1CC=C2. The van der Waals surface area contributed by atoms with E-state index in [-0.39, 0.29) is 0 Å². The van der Waals surface area contributed by atoms with Crippen molar-refractivity contribution in [2.45, 2.75) is 25.7 Å². The van der Waals surface area contributed by atoms with Gasteiger partial charge in [-0.05, 0) is 44.2 Å². The fourth-order valence-corrected chi connectivity index (χ4v) is 2.42. The summed E-state index contributed by atoms with van der Waals surface area (Å²) in [6.45, 7) is 1.17. The smallest absolute Gasteiger partial charge is 0.00142 e. The minimum atomic E-state index is 0.828. The molecular weight excluding hydrogens is 146 g/mol. The van der Waals surface area contributed by atoms with Crippen LogP contribution in [0.5, 0.6) is 0 Å². The van der Waals surface area contributed by atoms with Crippen LogP contribution in [0.15, 0.2) is 23.3 Å². The molecular formula is C11H17N. The van der Waals surface area contributed by atoms with Crippen molar-refractivity contribution >= 4 is 0 Å². The molecule has 1 atom stereocenters. The maximum absolute atomic E-state index is 3.29. The third-order valence-corrected chi connectivity index (χ3v) is 3.01. The van der Waals surface area contributed by atoms with Crippen LogP contribution in [0.25, 0.3) is 0 Å². The first-order valence-electron chi connectivity index (χ1n) is 4.95. The largest absolute Gasteiger partial charge is 0.319 e. The van der Waals surface area contributed by atoms with Gasteiger partial charge in [-0.3, -0.25) is 0 Å². The average Bonchev–Trinajstić information content (AvgIpc) is 2.53. The van der Waals surface area contributed by atoms with E-state index in [2.05, 4.69) is 24.5 Å². The number of hydrogen-bond donors (Lipinski definition) is 1. The summed E-state index contributed by atoms with van der Waals surface area (Å²) in [6.07, 6.45) is 9.97. The van der Waals surface area contributed by atoms with E-state index in [1.807, 2.05) is 0 Å². The standard InChI is InChI=1S/C11H17N/c1-12-8-10-6-2-4-9-5-3-7-11(9)10/h3,5,10,12H,2,4,6-8H2,1H3. The van der Waals surface area contributed by atoms with Crippen molar-refractivity contribution < 1.29 is 0 Å². The summed E-state index contributed by atoms with van der Waals surface area (Å²) in [5.41, 5.74) is 3.36. The van der Waals surface area contributed by atoms with Crippen molar-refractivity contribution in [2.24, 2.45) is 5.92 Å². The minimum Gasteiger partial charge on any atom is -0.319 e. The minimum absolute atomic E-state index is 0.828. The van der Waals surface area contributed by atoms with E-state index < -0.39 is 0 Å². The molecule has 0 aliphatic heterocycles. The summed E-state index contributed by atoms with van der Waals surface area (Å²) in [5.74, 6) is 0.828. The number of nitrogens with one attached hydrogen (secondary N) is 1. The molecule has 0 saturated heterocycles. The monoisotopic (exact) mass is 163 g/mol. The molecule has 1 N–H and O–H groups in total. The number of allylic oxidation sites excluding steroid dienone is 3. The first-order chi connectivity index (χ1) is 5.92. The van der Waals surface area contributed by atoms with Crippen molar-refractivity contribution in [3.63, 3.8) is 0 Å². The zero-order valence-corrected chi connectivity index (χ0v) is 7.77. The molecule has 0 radical (unpaired) electrons. The summed E-state index contributed by atoms with van der Waals surface area (Å²) < 4.78 is 0. The van der Waals surface area contributed by atoms with Crippen LogP contribution in [0.4, 0.5) is 0 Å². The Kier molecular flexibility index (Phi) is 2.31. The molecule has 0 aromatic rings. The average molecular weight is 163 g/mol. The van der Waals surface area contributed by atoms with Crippen LogP contribution in [-0.2, 0) is 0 Å². The molecule has 2 aliphatic rings. The lowest BCUT2D eigenvalue weighted by molar-refractivity contribution is 0.478. The van der Waals surface area contributed by atoms with Crippen molar-refractivity contribution in [2.75, 3.05) is 13.6 Å². The molecule has 0 amide bonds. The Morgan fingerprint density at radius 2 is 2.50 bits per heavy atom. The molecule has 1 nitrogen and oxygen atoms in total. The van der Waals surface area contributed by atoms with Gasteiger partial charge in [0.05, 0.1) is 0 Å². The van der Waals surface area contributed by atoms with E-state index >= 15 is 0 Å². The van der Waals surface area contributed by atoms with Crippen LogP contribution in [0.1, 0.15) is 25.7 Å². The summed E-state index contributed by atoms with van der Waals surface area (Å²) in [5, 5.41) is 3.29. The second-order valence-electron chi connectivity index (χ2n) is 3.80. The van der Waals surface area contributed by atoms with Crippen LogP contribution in [0.2, 0.25) is 0 Å². The van der Waals surface area contributed by atoms with Gasteiger partial charge in [0.25, 0.3) is 0 Å². The Labute approximate surface area is 74.5 Å². The second-order valence-corrected chi connectivity index (χ2v) is 3.80. The van der Waals surface area contributed by atoms with Crippen molar-refractivity contribution in [3.05, 3.63) is 23.3 Å². The third-order valence-electron chi connectivity index (χ3n) is 3.01. The highest BCUT2D eigenvalue weighted by Gasteiger charge is 2.22. The molecule has 2 aliphatic carbocycles. The molecule has 0 saturated carbocycles. The first kappa shape index (κ1) is 8.06. The molecule has 1 unspecified atom stereocenters. The van der Waals surface area contributed by atoms with E-state index in [1.165, 1.54) is 32.2 Å². The summed E-state index contributed by atoms with van der Waals surface area (Å²) >= 11 is 0. The van der Waals surface area contributed by atoms with E-state index in [0.717, 1.165) is 5.92 Å². The molecule has 0 spiro atoms. The highest BCUT2D eigenvalue weighted by atomic mass is 14.8. The van der Waals surface area contributed by atoms with E-state index in [9.17, 15) is 0 Å². The maximum Gasteiger partial charge on any atom is 0.00142 e. The summed E-state index contributed by atoms with van der Waals surface area (Å²) in [7, 11) is 2.05. The van der Waals surface area contributed by atoms with Crippen molar-refractivity contribution in [1.29, 1.82) is 0 Å². The predicted molar refractivity (Wildman–Crippen MR) is 52.1 cm³/mol. The Balaban J connectivity index is 2.11. The molecule has 12 heavy (non-hydrogen) atoms. The van der Waals surface area contributed by atoms with Crippen LogP contribution in [-0.4, -0.2) is 13.6 Å². The van der Waals surface area contributed by atoms with Gasteiger partial charge >= 0.3 is 0 Å². The van der Waals surface area contributed by atoms with Gasteiger partial charge in [0.1, 0.15) is 0 Å².